The number of aliphatic hydroxyl groups excluding tert-OH is 2. The number of ether oxygens (including phenoxy) is 1. The van der Waals surface area contributed by atoms with E-state index in [9.17, 15) is 19.8 Å². The number of rotatable bonds is 6. The van der Waals surface area contributed by atoms with Crippen LogP contribution in [-0.2, 0) is 24.3 Å². The highest BCUT2D eigenvalue weighted by molar-refractivity contribution is 6.24. The van der Waals surface area contributed by atoms with E-state index in [2.05, 4.69) is 17.2 Å². The molecule has 2 heterocycles. The van der Waals surface area contributed by atoms with Crippen molar-refractivity contribution in [3.8, 4) is 0 Å². The van der Waals surface area contributed by atoms with Crippen LogP contribution in [0.2, 0.25) is 0 Å². The second kappa shape index (κ2) is 7.90. The molecule has 0 fully saturated rings. The zero-order valence-corrected chi connectivity index (χ0v) is 16.1. The lowest BCUT2D eigenvalue weighted by molar-refractivity contribution is -0.0873. The molecule has 2 aromatic rings. The first-order valence-electron chi connectivity index (χ1n) is 9.68. The van der Waals surface area contributed by atoms with Crippen molar-refractivity contribution in [1.29, 1.82) is 0 Å². The van der Waals surface area contributed by atoms with Gasteiger partial charge in [-0.3, -0.25) is 9.59 Å². The zero-order chi connectivity index (χ0) is 20.5. The number of anilines is 1. The van der Waals surface area contributed by atoms with Gasteiger partial charge in [-0.1, -0.05) is 25.5 Å². The van der Waals surface area contributed by atoms with Crippen LogP contribution in [0.25, 0.3) is 0 Å². The molecule has 0 saturated carbocycles. The van der Waals surface area contributed by atoms with Gasteiger partial charge < -0.3 is 24.8 Å². The maximum Gasteiger partial charge on any atom is 0.228 e. The summed E-state index contributed by atoms with van der Waals surface area (Å²) in [5.74, 6) is -0.238. The number of hydrogen-bond acceptors (Lipinski definition) is 7. The number of nitrogens with one attached hydrogen (secondary N) is 1. The van der Waals surface area contributed by atoms with Crippen LogP contribution in [-0.4, -0.2) is 50.1 Å². The van der Waals surface area contributed by atoms with Crippen LogP contribution in [0.3, 0.4) is 0 Å². The number of benzene rings is 1. The first kappa shape index (κ1) is 19.5. The highest BCUT2D eigenvalue weighted by atomic mass is 16.5. The van der Waals surface area contributed by atoms with E-state index in [1.54, 1.807) is 4.57 Å². The van der Waals surface area contributed by atoms with Crippen LogP contribution in [0.4, 0.5) is 5.69 Å². The zero-order valence-electron chi connectivity index (χ0n) is 16.1. The lowest BCUT2D eigenvalue weighted by Gasteiger charge is -2.28. The smallest absolute Gasteiger partial charge is 0.228 e. The van der Waals surface area contributed by atoms with Crippen molar-refractivity contribution < 1.29 is 24.5 Å². The number of nitrogens with zero attached hydrogens (tertiary/aromatic N) is 2. The van der Waals surface area contributed by atoms with E-state index < -0.39 is 18.8 Å². The topological polar surface area (TPSA) is 114 Å². The van der Waals surface area contributed by atoms with E-state index in [0.29, 0.717) is 5.82 Å². The van der Waals surface area contributed by atoms with Gasteiger partial charge in [-0.2, -0.15) is 0 Å². The van der Waals surface area contributed by atoms with Crippen molar-refractivity contribution in [3.63, 3.8) is 0 Å². The third kappa shape index (κ3) is 3.62. The molecular formula is C21H23N3O5. The monoisotopic (exact) mass is 397 g/mol. The number of hydrogen-bond donors (Lipinski definition) is 3. The summed E-state index contributed by atoms with van der Waals surface area (Å²) >= 11 is 0. The van der Waals surface area contributed by atoms with Gasteiger partial charge in [0.1, 0.15) is 36.0 Å². The average Bonchev–Trinajstić information content (AvgIpc) is 3.12. The maximum absolute atomic E-state index is 13.1. The molecule has 0 unspecified atom stereocenters. The van der Waals surface area contributed by atoms with Crippen molar-refractivity contribution in [3.05, 3.63) is 58.8 Å². The van der Waals surface area contributed by atoms with Crippen molar-refractivity contribution in [2.75, 3.05) is 11.9 Å². The fraction of sp³-hybridized carbons (Fsp3) is 0.381. The number of aromatic nitrogens is 2. The van der Waals surface area contributed by atoms with Crippen molar-refractivity contribution >= 4 is 17.3 Å². The van der Waals surface area contributed by atoms with Crippen molar-refractivity contribution in [2.24, 2.45) is 0 Å². The minimum Gasteiger partial charge on any atom is -0.394 e. The van der Waals surface area contributed by atoms with Crippen molar-refractivity contribution in [2.45, 2.75) is 45.1 Å². The molecule has 2 aliphatic rings. The number of fused-ring (bicyclic) bond motifs is 3. The Morgan fingerprint density at radius 2 is 2.07 bits per heavy atom. The van der Waals surface area contributed by atoms with Crippen LogP contribution < -0.4 is 5.32 Å². The van der Waals surface area contributed by atoms with E-state index in [1.165, 1.54) is 11.6 Å². The number of ketones is 2. The molecule has 1 aliphatic heterocycles. The minimum atomic E-state index is -1.08. The lowest BCUT2D eigenvalue weighted by Crippen LogP contribution is -2.40. The predicted molar refractivity (Wildman–Crippen MR) is 105 cm³/mol. The Kier molecular flexibility index (Phi) is 5.31. The maximum atomic E-state index is 13.1. The van der Waals surface area contributed by atoms with Crippen LogP contribution in [0, 0.1) is 0 Å². The van der Waals surface area contributed by atoms with E-state index in [0.717, 1.165) is 18.5 Å². The van der Waals surface area contributed by atoms with E-state index >= 15 is 0 Å². The van der Waals surface area contributed by atoms with Crippen LogP contribution in [0.15, 0.2) is 36.0 Å². The van der Waals surface area contributed by atoms with Crippen LogP contribution in [0.5, 0.6) is 0 Å². The molecular weight excluding hydrogens is 374 g/mol. The molecule has 4 rings (SSSR count). The minimum absolute atomic E-state index is 0.0525. The first-order chi connectivity index (χ1) is 14.0. The molecule has 1 aliphatic carbocycles. The number of aliphatic hydroxyl groups is 2. The highest BCUT2D eigenvalue weighted by Crippen LogP contribution is 2.27. The second-order valence-electron chi connectivity index (χ2n) is 7.26. The fourth-order valence-electron chi connectivity index (χ4n) is 3.66. The van der Waals surface area contributed by atoms with Crippen LogP contribution >= 0.6 is 0 Å². The SMILES string of the molecule is CCCc1ccc(NC2=CC(=O)c3nc4n(c3C2=O)C[C@@H]([C@H](O)CO)OC4)cc1. The third-order valence-corrected chi connectivity index (χ3v) is 5.19. The van der Waals surface area contributed by atoms with Crippen molar-refractivity contribution in [1.82, 2.24) is 9.55 Å². The Balaban J connectivity index is 1.60. The summed E-state index contributed by atoms with van der Waals surface area (Å²) in [5, 5.41) is 22.1. The number of imidazole rings is 1. The van der Waals surface area contributed by atoms with Gasteiger partial charge in [-0.25, -0.2) is 4.98 Å². The largest absolute Gasteiger partial charge is 0.394 e. The Hall–Kier alpha value is -2.81. The Labute approximate surface area is 167 Å². The molecule has 3 N–H and O–H groups in total. The molecule has 8 nitrogen and oxygen atoms in total. The van der Waals surface area contributed by atoms with E-state index in [4.69, 9.17) is 4.74 Å². The standard InChI is InChI=1S/C21H23N3O5/c1-2-3-12-4-6-13(7-5-12)22-14-8-15(26)19-20(21(14)28)24-9-17(16(27)10-25)29-11-18(24)23-19/h4-8,16-17,22,25,27H,2-3,9-11H2,1H3/t16-,17+/m1/s1. The average molecular weight is 397 g/mol. The quantitative estimate of drug-likeness (QED) is 0.676. The molecule has 2 atom stereocenters. The van der Waals surface area contributed by atoms with Gasteiger partial charge in [0.15, 0.2) is 0 Å². The molecule has 0 amide bonds. The molecule has 0 bridgehead atoms. The number of Topliss-reactive ketones (excluding diaryl/α,β-unsaturated/α-hetero) is 1. The van der Waals surface area contributed by atoms with Gasteiger partial charge in [0.2, 0.25) is 11.6 Å². The Morgan fingerprint density at radius 3 is 2.76 bits per heavy atom. The summed E-state index contributed by atoms with van der Waals surface area (Å²) in [4.78, 5) is 30.0. The molecule has 0 radical (unpaired) electrons. The summed E-state index contributed by atoms with van der Waals surface area (Å²) in [7, 11) is 0. The first-order valence-corrected chi connectivity index (χ1v) is 9.68. The molecule has 152 valence electrons. The molecule has 8 heteroatoms. The molecule has 0 saturated heterocycles. The second-order valence-corrected chi connectivity index (χ2v) is 7.26. The van der Waals surface area contributed by atoms with Gasteiger partial charge in [-0.05, 0) is 24.1 Å². The summed E-state index contributed by atoms with van der Waals surface area (Å²) in [6.45, 7) is 1.85. The summed E-state index contributed by atoms with van der Waals surface area (Å²) in [6, 6.07) is 7.75. The number of carbonyl (C=O) groups is 2. The number of allylic oxidation sites excluding steroid dienone is 2. The van der Waals surface area contributed by atoms with Crippen LogP contribution in [0.1, 0.15) is 45.7 Å². The Bertz CT molecular complexity index is 977. The summed E-state index contributed by atoms with van der Waals surface area (Å²) in [5.41, 5.74) is 2.39. The van der Waals surface area contributed by atoms with Gasteiger partial charge in [0.05, 0.1) is 18.8 Å². The molecule has 1 aromatic heterocycles. The van der Waals surface area contributed by atoms with Gasteiger partial charge in [0.25, 0.3) is 0 Å². The Morgan fingerprint density at radius 1 is 1.31 bits per heavy atom. The fourth-order valence-corrected chi connectivity index (χ4v) is 3.66. The molecule has 29 heavy (non-hydrogen) atoms. The van der Waals surface area contributed by atoms with Gasteiger partial charge >= 0.3 is 0 Å². The lowest BCUT2D eigenvalue weighted by atomic mass is 10.0. The van der Waals surface area contributed by atoms with Gasteiger partial charge in [0, 0.05) is 11.8 Å². The van der Waals surface area contributed by atoms with E-state index in [1.807, 2.05) is 24.3 Å². The third-order valence-electron chi connectivity index (χ3n) is 5.19. The highest BCUT2D eigenvalue weighted by Gasteiger charge is 2.36. The van der Waals surface area contributed by atoms with Gasteiger partial charge in [-0.15, -0.1) is 0 Å². The van der Waals surface area contributed by atoms with E-state index in [-0.39, 0.29) is 41.8 Å². The molecule has 0 spiro atoms. The summed E-state index contributed by atoms with van der Waals surface area (Å²) in [6.07, 6.45) is 1.54. The number of aryl methyl sites for hydroxylation is 1. The number of carbonyl (C=O) groups excluding carboxylic acids is 2. The molecule has 1 aromatic carbocycles. The normalized spacial score (nSPS) is 19.4. The predicted octanol–water partition coefficient (Wildman–Crippen LogP) is 1.46. The summed E-state index contributed by atoms with van der Waals surface area (Å²) < 4.78 is 7.12.